The Labute approximate surface area is 100 Å². The molecule has 0 amide bonds. The van der Waals surface area contributed by atoms with Crippen molar-refractivity contribution >= 4 is 0 Å². The van der Waals surface area contributed by atoms with Crippen LogP contribution in [0.2, 0.25) is 0 Å². The van der Waals surface area contributed by atoms with E-state index in [-0.39, 0.29) is 5.60 Å². The van der Waals surface area contributed by atoms with Crippen molar-refractivity contribution in [1.29, 1.82) is 0 Å². The van der Waals surface area contributed by atoms with E-state index in [1.807, 2.05) is 0 Å². The first-order valence-electron chi connectivity index (χ1n) is 7.02. The molecule has 94 valence electrons. The molecular weight excluding hydrogens is 198 g/mol. The predicted octanol–water partition coefficient (Wildman–Crippen LogP) is 3.11. The fraction of sp³-hybridized carbons (Fsp3) is 1.00. The van der Waals surface area contributed by atoms with Gasteiger partial charge in [0.25, 0.3) is 0 Å². The topological polar surface area (TPSA) is 21.3 Å². The van der Waals surface area contributed by atoms with Crippen molar-refractivity contribution in [1.82, 2.24) is 5.32 Å². The Kier molecular flexibility index (Phi) is 3.91. The molecule has 1 N–H and O–H groups in total. The second-order valence-corrected chi connectivity index (χ2v) is 6.12. The van der Waals surface area contributed by atoms with Crippen LogP contribution in [-0.4, -0.2) is 24.3 Å². The van der Waals surface area contributed by atoms with Crippen LogP contribution in [0.5, 0.6) is 0 Å². The van der Waals surface area contributed by atoms with Crippen LogP contribution in [0.1, 0.15) is 59.3 Å². The third-order valence-electron chi connectivity index (χ3n) is 4.01. The summed E-state index contributed by atoms with van der Waals surface area (Å²) in [6.45, 7) is 7.76. The highest BCUT2D eigenvalue weighted by molar-refractivity contribution is 4.88. The third-order valence-corrected chi connectivity index (χ3v) is 4.01. The van der Waals surface area contributed by atoms with Gasteiger partial charge < -0.3 is 10.1 Å². The molecular formula is C14H27NO. The number of nitrogens with one attached hydrogen (secondary N) is 1. The van der Waals surface area contributed by atoms with Gasteiger partial charge in [0.15, 0.2) is 0 Å². The van der Waals surface area contributed by atoms with Gasteiger partial charge in [-0.3, -0.25) is 0 Å². The van der Waals surface area contributed by atoms with Gasteiger partial charge in [0.2, 0.25) is 0 Å². The van der Waals surface area contributed by atoms with E-state index in [0.717, 1.165) is 18.5 Å². The average Bonchev–Trinajstić information content (AvgIpc) is 2.99. The highest BCUT2D eigenvalue weighted by Crippen LogP contribution is 2.37. The SMILES string of the molecule is CCNC(CCC1CCC(C)(C)O1)C1CC1. The zero-order valence-electron chi connectivity index (χ0n) is 11.1. The summed E-state index contributed by atoms with van der Waals surface area (Å²) >= 11 is 0. The Bertz CT molecular complexity index is 223. The molecule has 2 aliphatic rings. The van der Waals surface area contributed by atoms with E-state index in [0.29, 0.717) is 6.10 Å². The highest BCUT2D eigenvalue weighted by atomic mass is 16.5. The molecule has 2 rings (SSSR count). The van der Waals surface area contributed by atoms with E-state index in [2.05, 4.69) is 26.1 Å². The normalized spacial score (nSPS) is 30.6. The van der Waals surface area contributed by atoms with Gasteiger partial charge in [0.1, 0.15) is 0 Å². The van der Waals surface area contributed by atoms with Crippen molar-refractivity contribution in [3.8, 4) is 0 Å². The summed E-state index contributed by atoms with van der Waals surface area (Å²) in [4.78, 5) is 0. The standard InChI is InChI=1S/C14H27NO/c1-4-15-13(11-5-6-11)8-7-12-9-10-14(2,3)16-12/h11-13,15H,4-10H2,1-3H3. The van der Waals surface area contributed by atoms with Gasteiger partial charge in [0, 0.05) is 6.04 Å². The molecule has 2 atom stereocenters. The smallest absolute Gasteiger partial charge is 0.0631 e. The Morgan fingerprint density at radius 2 is 2.06 bits per heavy atom. The fourth-order valence-corrected chi connectivity index (χ4v) is 2.91. The Balaban J connectivity index is 1.69. The Morgan fingerprint density at radius 1 is 1.31 bits per heavy atom. The first-order chi connectivity index (χ1) is 7.61. The summed E-state index contributed by atoms with van der Waals surface area (Å²) in [5.41, 5.74) is 0.137. The monoisotopic (exact) mass is 225 g/mol. The van der Waals surface area contributed by atoms with Crippen LogP contribution in [0.15, 0.2) is 0 Å². The minimum Gasteiger partial charge on any atom is -0.372 e. The number of hydrogen-bond donors (Lipinski definition) is 1. The molecule has 2 fully saturated rings. The van der Waals surface area contributed by atoms with Gasteiger partial charge >= 0.3 is 0 Å². The second-order valence-electron chi connectivity index (χ2n) is 6.12. The molecule has 0 spiro atoms. The van der Waals surface area contributed by atoms with Crippen LogP contribution >= 0.6 is 0 Å². The minimum absolute atomic E-state index is 0.137. The first-order valence-corrected chi connectivity index (χ1v) is 7.02. The molecule has 2 unspecified atom stereocenters. The van der Waals surface area contributed by atoms with E-state index >= 15 is 0 Å². The van der Waals surface area contributed by atoms with Crippen molar-refractivity contribution in [2.75, 3.05) is 6.54 Å². The van der Waals surface area contributed by atoms with E-state index in [9.17, 15) is 0 Å². The summed E-state index contributed by atoms with van der Waals surface area (Å²) in [6.07, 6.45) is 8.44. The third kappa shape index (κ3) is 3.46. The maximum Gasteiger partial charge on any atom is 0.0631 e. The molecule has 0 aromatic heterocycles. The fourth-order valence-electron chi connectivity index (χ4n) is 2.91. The van der Waals surface area contributed by atoms with Crippen molar-refractivity contribution < 1.29 is 4.74 Å². The van der Waals surface area contributed by atoms with Crippen LogP contribution in [0.25, 0.3) is 0 Å². The summed E-state index contributed by atoms with van der Waals surface area (Å²) in [6, 6.07) is 0.761. The zero-order chi connectivity index (χ0) is 11.6. The highest BCUT2D eigenvalue weighted by Gasteiger charge is 2.34. The molecule has 2 nitrogen and oxygen atoms in total. The molecule has 1 saturated carbocycles. The quantitative estimate of drug-likeness (QED) is 0.750. The van der Waals surface area contributed by atoms with Gasteiger partial charge in [0.05, 0.1) is 11.7 Å². The van der Waals surface area contributed by atoms with Gasteiger partial charge in [-0.25, -0.2) is 0 Å². The van der Waals surface area contributed by atoms with E-state index < -0.39 is 0 Å². The molecule has 0 aromatic rings. The van der Waals surface area contributed by atoms with E-state index in [4.69, 9.17) is 4.74 Å². The lowest BCUT2D eigenvalue weighted by Gasteiger charge is -2.22. The summed E-state index contributed by atoms with van der Waals surface area (Å²) in [5.74, 6) is 0.967. The first kappa shape index (κ1) is 12.4. The molecule has 16 heavy (non-hydrogen) atoms. The molecule has 1 saturated heterocycles. The average molecular weight is 225 g/mol. The van der Waals surface area contributed by atoms with Crippen molar-refractivity contribution in [3.05, 3.63) is 0 Å². The summed E-state index contributed by atoms with van der Waals surface area (Å²) < 4.78 is 6.05. The van der Waals surface area contributed by atoms with Crippen molar-refractivity contribution in [3.63, 3.8) is 0 Å². The molecule has 1 aliphatic heterocycles. The largest absolute Gasteiger partial charge is 0.372 e. The number of rotatable bonds is 6. The van der Waals surface area contributed by atoms with Crippen molar-refractivity contribution in [2.24, 2.45) is 5.92 Å². The van der Waals surface area contributed by atoms with E-state index in [1.54, 1.807) is 0 Å². The maximum atomic E-state index is 6.05. The van der Waals surface area contributed by atoms with Gasteiger partial charge in [-0.05, 0) is 64.8 Å². The zero-order valence-corrected chi connectivity index (χ0v) is 11.1. The predicted molar refractivity (Wildman–Crippen MR) is 67.6 cm³/mol. The lowest BCUT2D eigenvalue weighted by molar-refractivity contribution is -0.0200. The summed E-state index contributed by atoms with van der Waals surface area (Å²) in [7, 11) is 0. The van der Waals surface area contributed by atoms with Crippen LogP contribution in [0.4, 0.5) is 0 Å². The molecule has 1 aliphatic carbocycles. The van der Waals surface area contributed by atoms with Crippen LogP contribution in [-0.2, 0) is 4.74 Å². The molecule has 0 radical (unpaired) electrons. The molecule has 1 heterocycles. The van der Waals surface area contributed by atoms with E-state index in [1.165, 1.54) is 38.5 Å². The van der Waals surface area contributed by atoms with Gasteiger partial charge in [-0.1, -0.05) is 6.92 Å². The molecule has 2 heteroatoms. The number of ether oxygens (including phenoxy) is 1. The maximum absolute atomic E-state index is 6.05. The summed E-state index contributed by atoms with van der Waals surface area (Å²) in [5, 5.41) is 3.63. The lowest BCUT2D eigenvalue weighted by atomic mass is 10.0. The molecule has 0 aromatic carbocycles. The Hall–Kier alpha value is -0.0800. The Morgan fingerprint density at radius 3 is 2.56 bits per heavy atom. The van der Waals surface area contributed by atoms with Gasteiger partial charge in [-0.15, -0.1) is 0 Å². The molecule has 0 bridgehead atoms. The second kappa shape index (κ2) is 5.05. The van der Waals surface area contributed by atoms with Gasteiger partial charge in [-0.2, -0.15) is 0 Å². The minimum atomic E-state index is 0.137. The van der Waals surface area contributed by atoms with Crippen LogP contribution < -0.4 is 5.32 Å². The number of hydrogen-bond acceptors (Lipinski definition) is 2. The van der Waals surface area contributed by atoms with Crippen LogP contribution in [0, 0.1) is 5.92 Å². The van der Waals surface area contributed by atoms with Crippen LogP contribution in [0.3, 0.4) is 0 Å². The lowest BCUT2D eigenvalue weighted by Crippen LogP contribution is -2.32. The van der Waals surface area contributed by atoms with Crippen molar-refractivity contribution in [2.45, 2.75) is 77.0 Å².